The Labute approximate surface area is 117 Å². The van der Waals surface area contributed by atoms with E-state index in [9.17, 15) is 18.3 Å². The van der Waals surface area contributed by atoms with Crippen molar-refractivity contribution in [2.75, 3.05) is 7.11 Å². The minimum Gasteiger partial charge on any atom is -0.492 e. The molecule has 1 N–H and O–H groups in total. The van der Waals surface area contributed by atoms with Crippen LogP contribution in [-0.2, 0) is 19.4 Å². The number of esters is 1. The lowest BCUT2D eigenvalue weighted by atomic mass is 10.1. The maximum Gasteiger partial charge on any atom is 0.309 e. The van der Waals surface area contributed by atoms with Gasteiger partial charge in [-0.3, -0.25) is 4.79 Å². The van der Waals surface area contributed by atoms with Crippen molar-refractivity contribution in [3.8, 4) is 5.88 Å². The molecule has 1 saturated carbocycles. The fourth-order valence-corrected chi connectivity index (χ4v) is 4.67. The molecule has 1 fully saturated rings. The molecule has 0 radical (unpaired) electrons. The highest BCUT2D eigenvalue weighted by Crippen LogP contribution is 2.37. The van der Waals surface area contributed by atoms with Crippen LogP contribution < -0.4 is 0 Å². The van der Waals surface area contributed by atoms with E-state index in [2.05, 4.69) is 9.72 Å². The summed E-state index contributed by atoms with van der Waals surface area (Å²) in [6.45, 7) is 1.66. The number of sulfone groups is 1. The molecule has 0 saturated heterocycles. The molecule has 110 valence electrons. The fourth-order valence-electron chi connectivity index (χ4n) is 2.63. The Morgan fingerprint density at radius 1 is 1.40 bits per heavy atom. The lowest BCUT2D eigenvalue weighted by molar-refractivity contribution is -0.145. The third-order valence-corrected chi connectivity index (χ3v) is 5.93. The summed E-state index contributed by atoms with van der Waals surface area (Å²) >= 11 is 0. The van der Waals surface area contributed by atoms with Gasteiger partial charge >= 0.3 is 5.97 Å². The minimum absolute atomic E-state index is 0.219. The largest absolute Gasteiger partial charge is 0.492 e. The summed E-state index contributed by atoms with van der Waals surface area (Å²) in [5.74, 6) is -1.71. The third kappa shape index (κ3) is 2.49. The minimum atomic E-state index is -3.80. The lowest BCUT2D eigenvalue weighted by Crippen LogP contribution is -2.31. The van der Waals surface area contributed by atoms with E-state index < -0.39 is 32.9 Å². The van der Waals surface area contributed by atoms with Crippen LogP contribution in [0.3, 0.4) is 0 Å². The molecular formula is C13H17NO5S. The van der Waals surface area contributed by atoms with Gasteiger partial charge in [0.25, 0.3) is 0 Å². The molecule has 0 bridgehead atoms. The normalized spacial score (nSPS) is 22.7. The number of pyridine rings is 1. The summed E-state index contributed by atoms with van der Waals surface area (Å²) in [6, 6.07) is 2.86. The smallest absolute Gasteiger partial charge is 0.309 e. The fraction of sp³-hybridized carbons (Fsp3) is 0.538. The lowest BCUT2D eigenvalue weighted by Gasteiger charge is -2.18. The highest BCUT2D eigenvalue weighted by molar-refractivity contribution is 7.92. The van der Waals surface area contributed by atoms with E-state index in [1.54, 1.807) is 6.92 Å². The molecule has 2 rings (SSSR count). The Morgan fingerprint density at radius 3 is 2.70 bits per heavy atom. The van der Waals surface area contributed by atoms with Crippen LogP contribution in [-0.4, -0.2) is 36.8 Å². The first-order chi connectivity index (χ1) is 9.37. The van der Waals surface area contributed by atoms with Gasteiger partial charge in [-0.25, -0.2) is 13.4 Å². The van der Waals surface area contributed by atoms with E-state index in [-0.39, 0.29) is 4.90 Å². The molecule has 7 heteroatoms. The van der Waals surface area contributed by atoms with Crippen molar-refractivity contribution >= 4 is 15.8 Å². The van der Waals surface area contributed by atoms with Crippen LogP contribution >= 0.6 is 0 Å². The molecule has 1 aromatic heterocycles. The number of carbonyl (C=O) groups excluding carboxylic acids is 1. The van der Waals surface area contributed by atoms with E-state index in [4.69, 9.17) is 0 Å². The molecule has 0 aliphatic heterocycles. The number of hydrogen-bond acceptors (Lipinski definition) is 6. The number of aryl methyl sites for hydroxylation is 1. The van der Waals surface area contributed by atoms with Crippen LogP contribution in [0, 0.1) is 12.8 Å². The Balaban J connectivity index is 2.41. The second-order valence-corrected chi connectivity index (χ2v) is 7.05. The van der Waals surface area contributed by atoms with Gasteiger partial charge in [-0.05, 0) is 31.9 Å². The van der Waals surface area contributed by atoms with Gasteiger partial charge in [0.15, 0.2) is 9.84 Å². The van der Waals surface area contributed by atoms with Crippen molar-refractivity contribution in [1.29, 1.82) is 0 Å². The van der Waals surface area contributed by atoms with Crippen LogP contribution in [0.15, 0.2) is 17.0 Å². The van der Waals surface area contributed by atoms with E-state index in [1.165, 1.54) is 19.2 Å². The first kappa shape index (κ1) is 14.8. The SMILES string of the molecule is COC(=O)[C@H]1CCC[C@@H]1S(=O)(=O)c1ccc(C)nc1O. The molecular weight excluding hydrogens is 282 g/mol. The van der Waals surface area contributed by atoms with Gasteiger partial charge in [-0.1, -0.05) is 6.42 Å². The summed E-state index contributed by atoms with van der Waals surface area (Å²) in [4.78, 5) is 15.2. The zero-order chi connectivity index (χ0) is 14.9. The van der Waals surface area contributed by atoms with Crippen molar-refractivity contribution < 1.29 is 23.1 Å². The van der Waals surface area contributed by atoms with Crippen molar-refractivity contribution in [3.05, 3.63) is 17.8 Å². The molecule has 20 heavy (non-hydrogen) atoms. The monoisotopic (exact) mass is 299 g/mol. The third-order valence-electron chi connectivity index (χ3n) is 3.64. The summed E-state index contributed by atoms with van der Waals surface area (Å²) < 4.78 is 29.8. The molecule has 1 aliphatic rings. The number of methoxy groups -OCH3 is 1. The second kappa shape index (κ2) is 5.40. The molecule has 6 nitrogen and oxygen atoms in total. The van der Waals surface area contributed by atoms with Crippen molar-refractivity contribution in [1.82, 2.24) is 4.98 Å². The number of aromatic hydroxyl groups is 1. The van der Waals surface area contributed by atoms with Gasteiger partial charge in [0.05, 0.1) is 18.3 Å². The Morgan fingerprint density at radius 2 is 2.10 bits per heavy atom. The average molecular weight is 299 g/mol. The Hall–Kier alpha value is -1.63. The summed E-state index contributed by atoms with van der Waals surface area (Å²) in [5.41, 5.74) is 0.525. The Bertz CT molecular complexity index is 626. The molecule has 0 spiro atoms. The van der Waals surface area contributed by atoms with Crippen LogP contribution in [0.5, 0.6) is 5.88 Å². The maximum absolute atomic E-state index is 12.6. The van der Waals surface area contributed by atoms with E-state index >= 15 is 0 Å². The molecule has 1 aliphatic carbocycles. The summed E-state index contributed by atoms with van der Waals surface area (Å²) in [5, 5.41) is 8.91. The standard InChI is InChI=1S/C13H17NO5S/c1-8-6-7-11(12(15)14-8)20(17,18)10-5-3-4-9(10)13(16)19-2/h6-7,9-10H,3-5H2,1-2H3,(H,14,15)/t9-,10-/m0/s1. The van der Waals surface area contributed by atoms with Gasteiger partial charge in [0.1, 0.15) is 4.90 Å². The topological polar surface area (TPSA) is 93.6 Å². The number of rotatable bonds is 3. The van der Waals surface area contributed by atoms with E-state index in [1.807, 2.05) is 0 Å². The van der Waals surface area contributed by atoms with Gasteiger partial charge in [-0.2, -0.15) is 0 Å². The summed E-state index contributed by atoms with van der Waals surface area (Å²) in [7, 11) is -2.56. The molecule has 1 aromatic rings. The molecule has 1 heterocycles. The van der Waals surface area contributed by atoms with E-state index in [0.29, 0.717) is 25.0 Å². The van der Waals surface area contributed by atoms with Crippen LogP contribution in [0.1, 0.15) is 25.0 Å². The maximum atomic E-state index is 12.6. The summed E-state index contributed by atoms with van der Waals surface area (Å²) in [6.07, 6.45) is 1.51. The molecule has 2 atom stereocenters. The van der Waals surface area contributed by atoms with Gasteiger partial charge in [0, 0.05) is 5.69 Å². The predicted molar refractivity (Wildman–Crippen MR) is 71.0 cm³/mol. The van der Waals surface area contributed by atoms with Crippen molar-refractivity contribution in [2.24, 2.45) is 5.92 Å². The number of nitrogens with zero attached hydrogens (tertiary/aromatic N) is 1. The van der Waals surface area contributed by atoms with Gasteiger partial charge in [0.2, 0.25) is 5.88 Å². The second-order valence-electron chi connectivity index (χ2n) is 4.92. The van der Waals surface area contributed by atoms with Crippen molar-refractivity contribution in [2.45, 2.75) is 36.3 Å². The molecule has 0 unspecified atom stereocenters. The average Bonchev–Trinajstić information content (AvgIpc) is 2.87. The van der Waals surface area contributed by atoms with Crippen LogP contribution in [0.25, 0.3) is 0 Å². The Kier molecular flexibility index (Phi) is 3.99. The number of ether oxygens (including phenoxy) is 1. The molecule has 0 aromatic carbocycles. The first-order valence-electron chi connectivity index (χ1n) is 6.36. The van der Waals surface area contributed by atoms with Gasteiger partial charge in [-0.15, -0.1) is 0 Å². The molecule has 0 amide bonds. The van der Waals surface area contributed by atoms with E-state index in [0.717, 1.165) is 0 Å². The first-order valence-corrected chi connectivity index (χ1v) is 7.91. The van der Waals surface area contributed by atoms with Crippen LogP contribution in [0.4, 0.5) is 0 Å². The zero-order valence-electron chi connectivity index (χ0n) is 11.4. The van der Waals surface area contributed by atoms with Gasteiger partial charge < -0.3 is 9.84 Å². The highest BCUT2D eigenvalue weighted by atomic mass is 32.2. The highest BCUT2D eigenvalue weighted by Gasteiger charge is 2.43. The quantitative estimate of drug-likeness (QED) is 0.843. The van der Waals surface area contributed by atoms with Crippen molar-refractivity contribution in [3.63, 3.8) is 0 Å². The predicted octanol–water partition coefficient (Wildman–Crippen LogP) is 1.21. The zero-order valence-corrected chi connectivity index (χ0v) is 12.2. The number of hydrogen-bond donors (Lipinski definition) is 1. The number of carbonyl (C=O) groups is 1. The van der Waals surface area contributed by atoms with Crippen LogP contribution in [0.2, 0.25) is 0 Å². The number of aromatic nitrogens is 1.